The van der Waals surface area contributed by atoms with Crippen LogP contribution in [0.2, 0.25) is 0 Å². The SMILES string of the molecule is COc1ccc(OC)c2c1cc(OC)c1sc(C3=C(c4sc5ccccc5c4C)C(F)(F)C(F)(F)C3(F)F)c(C)c12. The Hall–Kier alpha value is -3.44. The van der Waals surface area contributed by atoms with E-state index < -0.39 is 28.9 Å². The molecule has 0 aliphatic heterocycles. The van der Waals surface area contributed by atoms with Crippen LogP contribution in [0.25, 0.3) is 42.1 Å². The molecule has 0 amide bonds. The summed E-state index contributed by atoms with van der Waals surface area (Å²) in [5.41, 5.74) is -2.37. The van der Waals surface area contributed by atoms with Crippen molar-refractivity contribution in [1.82, 2.24) is 0 Å². The number of ether oxygens (including phenoxy) is 3. The van der Waals surface area contributed by atoms with Gasteiger partial charge in [-0.1, -0.05) is 18.2 Å². The summed E-state index contributed by atoms with van der Waals surface area (Å²) in [6.07, 6.45) is 0. The highest BCUT2D eigenvalue weighted by Gasteiger charge is 2.80. The van der Waals surface area contributed by atoms with Crippen LogP contribution in [0.1, 0.15) is 20.9 Å². The lowest BCUT2D eigenvalue weighted by Crippen LogP contribution is -2.48. The molecule has 2 aromatic heterocycles. The maximum absolute atomic E-state index is 15.8. The van der Waals surface area contributed by atoms with Crippen molar-refractivity contribution < 1.29 is 40.6 Å². The van der Waals surface area contributed by atoms with E-state index >= 15 is 26.3 Å². The van der Waals surface area contributed by atoms with Crippen LogP contribution in [0.15, 0.2) is 42.5 Å². The van der Waals surface area contributed by atoms with Crippen molar-refractivity contribution >= 4 is 64.8 Å². The zero-order chi connectivity index (χ0) is 29.6. The highest BCUT2D eigenvalue weighted by molar-refractivity contribution is 7.21. The molecule has 11 heteroatoms. The number of thiophene rings is 2. The molecule has 2 heterocycles. The number of allylic oxidation sites excluding steroid dienone is 2. The second kappa shape index (κ2) is 9.03. The maximum Gasteiger partial charge on any atom is 0.380 e. The first-order chi connectivity index (χ1) is 19.3. The van der Waals surface area contributed by atoms with E-state index in [-0.39, 0.29) is 26.6 Å². The molecule has 0 atom stereocenters. The molecule has 0 fully saturated rings. The van der Waals surface area contributed by atoms with Gasteiger partial charge >= 0.3 is 17.8 Å². The number of hydrogen-bond acceptors (Lipinski definition) is 5. The second-order valence-electron chi connectivity index (χ2n) is 9.76. The van der Waals surface area contributed by atoms with E-state index in [1.165, 1.54) is 35.2 Å². The van der Waals surface area contributed by atoms with Crippen LogP contribution in [-0.4, -0.2) is 39.1 Å². The first-order valence-electron chi connectivity index (χ1n) is 12.4. The Balaban J connectivity index is 1.81. The van der Waals surface area contributed by atoms with Gasteiger partial charge in [-0.25, -0.2) is 0 Å². The molecule has 0 unspecified atom stereocenters. The van der Waals surface area contributed by atoms with Gasteiger partial charge in [0.15, 0.2) is 0 Å². The molecule has 1 aliphatic rings. The smallest absolute Gasteiger partial charge is 0.380 e. The molecule has 1 aliphatic carbocycles. The third-order valence-electron chi connectivity index (χ3n) is 7.69. The minimum Gasteiger partial charge on any atom is -0.496 e. The van der Waals surface area contributed by atoms with Gasteiger partial charge in [0.05, 0.1) is 37.2 Å². The molecule has 214 valence electrons. The van der Waals surface area contributed by atoms with E-state index in [2.05, 4.69) is 0 Å². The zero-order valence-electron chi connectivity index (χ0n) is 22.4. The number of methoxy groups -OCH3 is 3. The van der Waals surface area contributed by atoms with Crippen LogP contribution in [-0.2, 0) is 0 Å². The number of hydrogen-bond donors (Lipinski definition) is 0. The molecule has 41 heavy (non-hydrogen) atoms. The fourth-order valence-corrected chi connectivity index (χ4v) is 8.34. The summed E-state index contributed by atoms with van der Waals surface area (Å²) in [4.78, 5) is -0.666. The molecule has 6 rings (SSSR count). The monoisotopic (exact) mass is 608 g/mol. The maximum atomic E-state index is 15.8. The fraction of sp³-hybridized carbons (Fsp3) is 0.267. The summed E-state index contributed by atoms with van der Waals surface area (Å²) in [5, 5.41) is 1.88. The van der Waals surface area contributed by atoms with Crippen molar-refractivity contribution in [2.75, 3.05) is 21.3 Å². The van der Waals surface area contributed by atoms with E-state index in [1.54, 1.807) is 42.5 Å². The van der Waals surface area contributed by atoms with Crippen molar-refractivity contribution in [2.45, 2.75) is 31.6 Å². The number of halogens is 6. The summed E-state index contributed by atoms with van der Waals surface area (Å²) in [6.45, 7) is 2.94. The zero-order valence-corrected chi connectivity index (χ0v) is 24.0. The highest BCUT2D eigenvalue weighted by Crippen LogP contribution is 2.67. The lowest BCUT2D eigenvalue weighted by Gasteiger charge is -2.25. The van der Waals surface area contributed by atoms with Crippen LogP contribution < -0.4 is 14.2 Å². The molecule has 0 bridgehead atoms. The molecule has 0 N–H and O–H groups in total. The van der Waals surface area contributed by atoms with Gasteiger partial charge in [0, 0.05) is 30.6 Å². The summed E-state index contributed by atoms with van der Waals surface area (Å²) in [6, 6.07) is 11.5. The molecule has 0 spiro atoms. The Morgan fingerprint density at radius 1 is 0.610 bits per heavy atom. The predicted octanol–water partition coefficient (Wildman–Crippen LogP) is 9.74. The Kier molecular flexibility index (Phi) is 6.10. The Labute approximate surface area is 238 Å². The van der Waals surface area contributed by atoms with Crippen molar-refractivity contribution in [1.29, 1.82) is 0 Å². The minimum atomic E-state index is -5.66. The average molecular weight is 609 g/mol. The van der Waals surface area contributed by atoms with E-state index in [4.69, 9.17) is 14.2 Å². The summed E-state index contributed by atoms with van der Waals surface area (Å²) in [7, 11) is 4.26. The molecule has 0 saturated heterocycles. The lowest BCUT2D eigenvalue weighted by atomic mass is 9.96. The van der Waals surface area contributed by atoms with Crippen molar-refractivity contribution in [3.8, 4) is 17.2 Å². The molecule has 5 aromatic rings. The van der Waals surface area contributed by atoms with Crippen LogP contribution in [0.3, 0.4) is 0 Å². The first kappa shape index (κ1) is 27.7. The molecular formula is C30H22F6O3S2. The standard InChI is InChI=1S/C30H22F6O3S2/c1-13-15-8-6-7-9-20(15)40-25(13)23-24(29(33,34)30(35,36)28(23,31)32)26-14(2)21-22-16(12-19(39-5)27(21)41-26)17(37-3)10-11-18(22)38-4/h6-12H,1-5H3. The average Bonchev–Trinajstić information content (AvgIpc) is 3.49. The van der Waals surface area contributed by atoms with E-state index in [1.807, 2.05) is 0 Å². The van der Waals surface area contributed by atoms with Gasteiger partial charge in [-0.05, 0) is 54.6 Å². The third kappa shape index (κ3) is 3.45. The Morgan fingerprint density at radius 2 is 1.17 bits per heavy atom. The Morgan fingerprint density at radius 3 is 1.76 bits per heavy atom. The van der Waals surface area contributed by atoms with E-state index in [9.17, 15) is 0 Å². The van der Waals surface area contributed by atoms with Gasteiger partial charge in [-0.3, -0.25) is 0 Å². The third-order valence-corrected chi connectivity index (χ3v) is 10.3. The number of benzene rings is 3. The summed E-state index contributed by atoms with van der Waals surface area (Å²) < 4.78 is 111. The van der Waals surface area contributed by atoms with Crippen LogP contribution in [0.5, 0.6) is 17.2 Å². The van der Waals surface area contributed by atoms with Crippen molar-refractivity contribution in [2.24, 2.45) is 0 Å². The fourth-order valence-electron chi connectivity index (χ4n) is 5.65. The largest absolute Gasteiger partial charge is 0.496 e. The first-order valence-corrected chi connectivity index (χ1v) is 14.0. The molecular weight excluding hydrogens is 586 g/mol. The van der Waals surface area contributed by atoms with E-state index in [0.717, 1.165) is 11.3 Å². The van der Waals surface area contributed by atoms with Crippen LogP contribution >= 0.6 is 22.7 Å². The van der Waals surface area contributed by atoms with E-state index in [0.29, 0.717) is 53.8 Å². The van der Waals surface area contributed by atoms with Gasteiger partial charge in [-0.2, -0.15) is 26.3 Å². The number of alkyl halides is 6. The van der Waals surface area contributed by atoms with Crippen LogP contribution in [0, 0.1) is 13.8 Å². The lowest BCUT2D eigenvalue weighted by molar-refractivity contribution is -0.254. The summed E-state index contributed by atoms with van der Waals surface area (Å²) >= 11 is 1.51. The molecule has 3 nitrogen and oxygen atoms in total. The minimum absolute atomic E-state index is 0.125. The van der Waals surface area contributed by atoms with Gasteiger partial charge in [0.1, 0.15) is 17.2 Å². The summed E-state index contributed by atoms with van der Waals surface area (Å²) in [5.74, 6) is -14.9. The predicted molar refractivity (Wildman–Crippen MR) is 152 cm³/mol. The second-order valence-corrected chi connectivity index (χ2v) is 11.8. The van der Waals surface area contributed by atoms with Crippen LogP contribution in [0.4, 0.5) is 26.3 Å². The topological polar surface area (TPSA) is 27.7 Å². The number of aryl methyl sites for hydroxylation is 2. The number of rotatable bonds is 5. The van der Waals surface area contributed by atoms with Crippen molar-refractivity contribution in [3.63, 3.8) is 0 Å². The Bertz CT molecular complexity index is 1920. The van der Waals surface area contributed by atoms with Crippen molar-refractivity contribution in [3.05, 3.63) is 63.3 Å². The highest BCUT2D eigenvalue weighted by atomic mass is 32.1. The normalized spacial score (nSPS) is 17.6. The number of fused-ring (bicyclic) bond motifs is 4. The van der Waals surface area contributed by atoms with Gasteiger partial charge in [0.25, 0.3) is 0 Å². The molecule has 3 aromatic carbocycles. The van der Waals surface area contributed by atoms with Gasteiger partial charge < -0.3 is 14.2 Å². The van der Waals surface area contributed by atoms with Gasteiger partial charge in [0.2, 0.25) is 0 Å². The quantitative estimate of drug-likeness (QED) is 0.186. The molecule has 0 radical (unpaired) electrons. The van der Waals surface area contributed by atoms with Gasteiger partial charge in [-0.15, -0.1) is 22.7 Å². The molecule has 0 saturated carbocycles.